The van der Waals surface area contributed by atoms with Crippen LogP contribution in [-0.2, 0) is 19.4 Å². The standard InChI is InChI=1S/C13H20N2O4S/c1-9-12(16)14-6-2-3-11(14)13(17)15(9)10-4-7-20(18,19)8-5-10/h9-11H,2-8H2,1H3. The summed E-state index contributed by atoms with van der Waals surface area (Å²) in [5.74, 6) is 0.271. The van der Waals surface area contributed by atoms with E-state index in [1.807, 2.05) is 0 Å². The number of fused-ring (bicyclic) bond motifs is 1. The van der Waals surface area contributed by atoms with Gasteiger partial charge in [-0.2, -0.15) is 0 Å². The Hall–Kier alpha value is -1.11. The first-order chi connectivity index (χ1) is 9.41. The Kier molecular flexibility index (Phi) is 3.27. The lowest BCUT2D eigenvalue weighted by Crippen LogP contribution is -2.65. The highest BCUT2D eigenvalue weighted by atomic mass is 32.2. The van der Waals surface area contributed by atoms with Crippen molar-refractivity contribution in [2.24, 2.45) is 0 Å². The topological polar surface area (TPSA) is 74.8 Å². The smallest absolute Gasteiger partial charge is 0.246 e. The van der Waals surface area contributed by atoms with Gasteiger partial charge in [-0.25, -0.2) is 8.42 Å². The Morgan fingerprint density at radius 3 is 2.35 bits per heavy atom. The van der Waals surface area contributed by atoms with Crippen LogP contribution in [0, 0.1) is 0 Å². The van der Waals surface area contributed by atoms with Gasteiger partial charge in [0.05, 0.1) is 11.5 Å². The molecule has 3 saturated heterocycles. The molecule has 6 nitrogen and oxygen atoms in total. The van der Waals surface area contributed by atoms with E-state index in [-0.39, 0.29) is 35.4 Å². The molecule has 0 radical (unpaired) electrons. The Morgan fingerprint density at radius 2 is 1.70 bits per heavy atom. The molecule has 3 rings (SSSR count). The summed E-state index contributed by atoms with van der Waals surface area (Å²) in [5, 5.41) is 0. The summed E-state index contributed by atoms with van der Waals surface area (Å²) in [6.07, 6.45) is 2.53. The SMILES string of the molecule is CC1C(=O)N2CCCC2C(=O)N1C1CCS(=O)(=O)CC1. The lowest BCUT2D eigenvalue weighted by molar-refractivity contribution is -0.161. The fourth-order valence-electron chi connectivity index (χ4n) is 3.66. The van der Waals surface area contributed by atoms with Crippen molar-refractivity contribution in [2.75, 3.05) is 18.1 Å². The van der Waals surface area contributed by atoms with Crippen molar-refractivity contribution in [2.45, 2.75) is 50.7 Å². The number of rotatable bonds is 1. The van der Waals surface area contributed by atoms with E-state index in [1.165, 1.54) is 0 Å². The van der Waals surface area contributed by atoms with Crippen LogP contribution in [0.25, 0.3) is 0 Å². The van der Waals surface area contributed by atoms with Crippen molar-refractivity contribution in [3.8, 4) is 0 Å². The number of sulfone groups is 1. The van der Waals surface area contributed by atoms with Gasteiger partial charge in [0.2, 0.25) is 11.8 Å². The van der Waals surface area contributed by atoms with Gasteiger partial charge in [-0.05, 0) is 32.6 Å². The minimum atomic E-state index is -2.95. The molecule has 2 amide bonds. The number of carbonyl (C=O) groups excluding carboxylic acids is 2. The molecular weight excluding hydrogens is 280 g/mol. The second kappa shape index (κ2) is 4.72. The number of piperazine rings is 1. The summed E-state index contributed by atoms with van der Waals surface area (Å²) in [5.41, 5.74) is 0. The zero-order valence-electron chi connectivity index (χ0n) is 11.6. The van der Waals surface area contributed by atoms with Gasteiger partial charge in [0, 0.05) is 12.6 Å². The van der Waals surface area contributed by atoms with Gasteiger partial charge in [0.15, 0.2) is 0 Å². The number of hydrogen-bond donors (Lipinski definition) is 0. The van der Waals surface area contributed by atoms with E-state index in [0.29, 0.717) is 19.4 Å². The molecule has 3 aliphatic heterocycles. The molecule has 0 aromatic rings. The van der Waals surface area contributed by atoms with Crippen LogP contribution in [0.1, 0.15) is 32.6 Å². The lowest BCUT2D eigenvalue weighted by atomic mass is 10.0. The highest BCUT2D eigenvalue weighted by Crippen LogP contribution is 2.31. The zero-order chi connectivity index (χ0) is 14.5. The predicted molar refractivity (Wildman–Crippen MR) is 72.7 cm³/mol. The maximum absolute atomic E-state index is 12.6. The van der Waals surface area contributed by atoms with Crippen molar-refractivity contribution in [3.63, 3.8) is 0 Å². The van der Waals surface area contributed by atoms with E-state index in [9.17, 15) is 18.0 Å². The zero-order valence-corrected chi connectivity index (χ0v) is 12.4. The summed E-state index contributed by atoms with van der Waals surface area (Å²) >= 11 is 0. The van der Waals surface area contributed by atoms with Crippen molar-refractivity contribution in [1.29, 1.82) is 0 Å². The second-order valence-electron chi connectivity index (χ2n) is 5.99. The molecule has 20 heavy (non-hydrogen) atoms. The van der Waals surface area contributed by atoms with E-state index < -0.39 is 15.9 Å². The van der Waals surface area contributed by atoms with Crippen LogP contribution in [0.4, 0.5) is 0 Å². The minimum absolute atomic E-state index is 0.0129. The van der Waals surface area contributed by atoms with Crippen molar-refractivity contribution < 1.29 is 18.0 Å². The number of carbonyl (C=O) groups is 2. The molecule has 112 valence electrons. The molecule has 0 spiro atoms. The monoisotopic (exact) mass is 300 g/mol. The molecule has 0 aromatic carbocycles. The predicted octanol–water partition coefficient (Wildman–Crippen LogP) is -0.215. The molecule has 7 heteroatoms. The van der Waals surface area contributed by atoms with E-state index in [0.717, 1.165) is 12.8 Å². The molecule has 0 saturated carbocycles. The molecule has 2 atom stereocenters. The lowest BCUT2D eigenvalue weighted by Gasteiger charge is -2.45. The van der Waals surface area contributed by atoms with Gasteiger partial charge in [0.25, 0.3) is 0 Å². The van der Waals surface area contributed by atoms with Crippen LogP contribution in [-0.4, -0.2) is 66.2 Å². The third-order valence-electron chi connectivity index (χ3n) is 4.77. The Bertz CT molecular complexity index is 531. The fraction of sp³-hybridized carbons (Fsp3) is 0.846. The third-order valence-corrected chi connectivity index (χ3v) is 6.48. The first-order valence-electron chi connectivity index (χ1n) is 7.24. The van der Waals surface area contributed by atoms with Crippen molar-refractivity contribution in [1.82, 2.24) is 9.80 Å². The average molecular weight is 300 g/mol. The summed E-state index contributed by atoms with van der Waals surface area (Å²) in [6.45, 7) is 2.43. The highest BCUT2D eigenvalue weighted by Gasteiger charge is 2.48. The molecule has 0 aromatic heterocycles. The largest absolute Gasteiger partial charge is 0.329 e. The van der Waals surface area contributed by atoms with Crippen LogP contribution < -0.4 is 0 Å². The van der Waals surface area contributed by atoms with Gasteiger partial charge >= 0.3 is 0 Å². The first kappa shape index (κ1) is 13.9. The van der Waals surface area contributed by atoms with E-state index in [4.69, 9.17) is 0 Å². The third kappa shape index (κ3) is 2.12. The van der Waals surface area contributed by atoms with E-state index >= 15 is 0 Å². The highest BCUT2D eigenvalue weighted by molar-refractivity contribution is 7.91. The van der Waals surface area contributed by atoms with Crippen LogP contribution in [0.3, 0.4) is 0 Å². The molecule has 3 heterocycles. The molecular formula is C13H20N2O4S. The van der Waals surface area contributed by atoms with Crippen LogP contribution in [0.2, 0.25) is 0 Å². The van der Waals surface area contributed by atoms with Gasteiger partial charge < -0.3 is 9.80 Å². The van der Waals surface area contributed by atoms with Crippen LogP contribution in [0.5, 0.6) is 0 Å². The normalized spacial score (nSPS) is 34.5. The molecule has 3 aliphatic rings. The van der Waals surface area contributed by atoms with Gasteiger partial charge in [-0.3, -0.25) is 9.59 Å². The minimum Gasteiger partial charge on any atom is -0.329 e. The van der Waals surface area contributed by atoms with Gasteiger partial charge in [-0.1, -0.05) is 0 Å². The van der Waals surface area contributed by atoms with E-state index in [1.54, 1.807) is 16.7 Å². The maximum atomic E-state index is 12.6. The molecule has 3 fully saturated rings. The van der Waals surface area contributed by atoms with E-state index in [2.05, 4.69) is 0 Å². The van der Waals surface area contributed by atoms with Gasteiger partial charge in [0.1, 0.15) is 21.9 Å². The molecule has 2 unspecified atom stereocenters. The fourth-order valence-corrected chi connectivity index (χ4v) is 5.13. The molecule has 0 aliphatic carbocycles. The molecule has 0 N–H and O–H groups in total. The van der Waals surface area contributed by atoms with Crippen LogP contribution >= 0.6 is 0 Å². The Balaban J connectivity index is 1.82. The second-order valence-corrected chi connectivity index (χ2v) is 8.30. The van der Waals surface area contributed by atoms with Crippen molar-refractivity contribution >= 4 is 21.7 Å². The summed E-state index contributed by atoms with van der Waals surface area (Å²) < 4.78 is 23.0. The summed E-state index contributed by atoms with van der Waals surface area (Å²) in [6, 6.07) is -0.868. The first-order valence-corrected chi connectivity index (χ1v) is 9.06. The number of hydrogen-bond acceptors (Lipinski definition) is 4. The summed E-state index contributed by atoms with van der Waals surface area (Å²) in [4.78, 5) is 28.3. The van der Waals surface area contributed by atoms with Crippen molar-refractivity contribution in [3.05, 3.63) is 0 Å². The quantitative estimate of drug-likeness (QED) is 0.671. The Labute approximate surface area is 119 Å². The number of amides is 2. The Morgan fingerprint density at radius 1 is 1.05 bits per heavy atom. The summed E-state index contributed by atoms with van der Waals surface area (Å²) in [7, 11) is -2.95. The maximum Gasteiger partial charge on any atom is 0.246 e. The van der Waals surface area contributed by atoms with Gasteiger partial charge in [-0.15, -0.1) is 0 Å². The average Bonchev–Trinajstić information content (AvgIpc) is 2.88. The molecule has 0 bridgehead atoms. The number of nitrogens with zero attached hydrogens (tertiary/aromatic N) is 2. The van der Waals surface area contributed by atoms with Crippen LogP contribution in [0.15, 0.2) is 0 Å².